The number of rotatable bonds is 9. The maximum atomic E-state index is 14.6. The molecule has 0 radical (unpaired) electrons. The van der Waals surface area contributed by atoms with Crippen LogP contribution in [-0.4, -0.2) is 125 Å². The molecule has 3 saturated carbocycles. The Kier molecular flexibility index (Phi) is 13.3. The maximum absolute atomic E-state index is 14.6. The SMILES string of the molecule is O=C(O)c1cn(C2CC2)c2cc(N3CCNCC3)c(F)cc2c1=O.O=C(O)c1cn(C2CC2)c2cc(N3CCNCC3)c(F)cc2c1=O.O=C(O)c1cn(C2CC2)c2cc(N3CCNCC3)c(F)cc2c1=O. The highest BCUT2D eigenvalue weighted by atomic mass is 19.1. The van der Waals surface area contributed by atoms with Crippen molar-refractivity contribution in [2.24, 2.45) is 0 Å². The second-order valence-corrected chi connectivity index (χ2v) is 19.1. The Morgan fingerprint density at radius 3 is 0.861 bits per heavy atom. The first-order valence-electron chi connectivity index (χ1n) is 24.4. The van der Waals surface area contributed by atoms with Gasteiger partial charge < -0.3 is 59.7 Å². The molecule has 6 heterocycles. The minimum atomic E-state index is -1.28. The molecule has 3 saturated heterocycles. The average molecular weight is 994 g/mol. The molecule has 3 aliphatic carbocycles. The molecular formula is C51H54F3N9O9. The van der Waals surface area contributed by atoms with E-state index in [1.54, 1.807) is 18.2 Å². The molecule has 3 aromatic heterocycles. The number of aromatic nitrogens is 3. The molecule has 6 aliphatic rings. The van der Waals surface area contributed by atoms with E-state index in [-0.39, 0.29) is 51.0 Å². The number of nitrogens with zero attached hydrogens (tertiary/aromatic N) is 6. The lowest BCUT2D eigenvalue weighted by Gasteiger charge is -2.30. The molecule has 0 unspecified atom stereocenters. The number of piperazine rings is 3. The van der Waals surface area contributed by atoms with E-state index in [1.807, 2.05) is 28.4 Å². The highest BCUT2D eigenvalue weighted by molar-refractivity contribution is 5.96. The summed E-state index contributed by atoms with van der Waals surface area (Å²) in [5.74, 6) is -5.27. The fraction of sp³-hybridized carbons (Fsp3) is 0.412. The van der Waals surface area contributed by atoms with Gasteiger partial charge in [0.15, 0.2) is 0 Å². The van der Waals surface area contributed by atoms with Gasteiger partial charge in [-0.3, -0.25) is 14.4 Å². The molecule has 3 aliphatic heterocycles. The van der Waals surface area contributed by atoms with Crippen LogP contribution in [0.1, 0.15) is 87.7 Å². The first kappa shape index (κ1) is 48.4. The van der Waals surface area contributed by atoms with Crippen LogP contribution in [0.3, 0.4) is 0 Å². The Morgan fingerprint density at radius 2 is 0.653 bits per heavy atom. The van der Waals surface area contributed by atoms with Gasteiger partial charge in [-0.25, -0.2) is 27.6 Å². The van der Waals surface area contributed by atoms with Gasteiger partial charge >= 0.3 is 17.9 Å². The van der Waals surface area contributed by atoms with Crippen LogP contribution < -0.4 is 46.9 Å². The van der Waals surface area contributed by atoms with Crippen LogP contribution >= 0.6 is 0 Å². The number of anilines is 3. The van der Waals surface area contributed by atoms with Gasteiger partial charge in [-0.1, -0.05) is 0 Å². The van der Waals surface area contributed by atoms with Crippen LogP contribution in [-0.2, 0) is 0 Å². The summed E-state index contributed by atoms with van der Waals surface area (Å²) in [5, 5.41) is 37.9. The van der Waals surface area contributed by atoms with Crippen LogP contribution in [0.15, 0.2) is 69.4 Å². The van der Waals surface area contributed by atoms with Crippen molar-refractivity contribution in [2.45, 2.75) is 56.7 Å². The summed E-state index contributed by atoms with van der Waals surface area (Å²) in [7, 11) is 0. The van der Waals surface area contributed by atoms with Crippen molar-refractivity contribution in [1.82, 2.24) is 29.7 Å². The summed E-state index contributed by atoms with van der Waals surface area (Å²) in [6, 6.07) is 9.23. The summed E-state index contributed by atoms with van der Waals surface area (Å²) in [6.45, 7) is 8.88. The molecule has 6 aromatic rings. The summed E-state index contributed by atoms with van der Waals surface area (Å²) >= 11 is 0. The zero-order valence-electron chi connectivity index (χ0n) is 39.3. The van der Waals surface area contributed by atoms with Crippen LogP contribution in [0.2, 0.25) is 0 Å². The van der Waals surface area contributed by atoms with Gasteiger partial charge in [0.2, 0.25) is 16.3 Å². The van der Waals surface area contributed by atoms with Crippen molar-refractivity contribution in [2.75, 3.05) is 93.2 Å². The van der Waals surface area contributed by atoms with E-state index in [0.717, 1.165) is 77.8 Å². The van der Waals surface area contributed by atoms with Gasteiger partial charge in [0, 0.05) is 131 Å². The van der Waals surface area contributed by atoms with E-state index in [4.69, 9.17) is 0 Å². The molecule has 0 amide bonds. The van der Waals surface area contributed by atoms with Crippen molar-refractivity contribution >= 4 is 67.7 Å². The summed E-state index contributed by atoms with van der Waals surface area (Å²) in [6.07, 6.45) is 9.87. The van der Waals surface area contributed by atoms with E-state index >= 15 is 0 Å². The van der Waals surface area contributed by atoms with Crippen LogP contribution in [0.25, 0.3) is 32.7 Å². The number of carboxylic acids is 3. The van der Waals surface area contributed by atoms with E-state index in [0.29, 0.717) is 72.9 Å². The summed E-state index contributed by atoms with van der Waals surface area (Å²) in [5.41, 5.74) is 0.478. The molecular weight excluding hydrogens is 940 g/mol. The first-order chi connectivity index (χ1) is 34.7. The number of hydrogen-bond acceptors (Lipinski definition) is 12. The molecule has 6 N–H and O–H groups in total. The number of halogens is 3. The lowest BCUT2D eigenvalue weighted by molar-refractivity contribution is 0.0684. The third-order valence-corrected chi connectivity index (χ3v) is 14.2. The molecule has 0 spiro atoms. The largest absolute Gasteiger partial charge is 0.477 e. The normalized spacial score (nSPS) is 18.1. The van der Waals surface area contributed by atoms with Crippen molar-refractivity contribution in [3.8, 4) is 0 Å². The fourth-order valence-electron chi connectivity index (χ4n) is 9.94. The van der Waals surface area contributed by atoms with Crippen LogP contribution in [0.5, 0.6) is 0 Å². The van der Waals surface area contributed by atoms with Gasteiger partial charge in [0.1, 0.15) is 34.1 Å². The lowest BCUT2D eigenvalue weighted by Crippen LogP contribution is -2.43. The molecule has 72 heavy (non-hydrogen) atoms. The van der Waals surface area contributed by atoms with E-state index < -0.39 is 51.6 Å². The number of aromatic carboxylic acids is 3. The zero-order valence-corrected chi connectivity index (χ0v) is 39.3. The topological polar surface area (TPSA) is 224 Å². The van der Waals surface area contributed by atoms with Crippen LogP contribution in [0, 0.1) is 17.5 Å². The molecule has 18 nitrogen and oxygen atoms in total. The lowest BCUT2D eigenvalue weighted by atomic mass is 10.1. The third-order valence-electron chi connectivity index (χ3n) is 14.2. The Bertz CT molecular complexity index is 3000. The smallest absolute Gasteiger partial charge is 0.341 e. The van der Waals surface area contributed by atoms with E-state index in [1.165, 1.54) is 36.8 Å². The number of nitrogens with one attached hydrogen (secondary N) is 3. The molecule has 12 rings (SSSR count). The van der Waals surface area contributed by atoms with Crippen molar-refractivity contribution in [3.63, 3.8) is 0 Å². The summed E-state index contributed by atoms with van der Waals surface area (Å²) < 4.78 is 49.3. The zero-order chi connectivity index (χ0) is 50.5. The second-order valence-electron chi connectivity index (χ2n) is 19.1. The van der Waals surface area contributed by atoms with E-state index in [9.17, 15) is 57.3 Å². The molecule has 0 atom stereocenters. The van der Waals surface area contributed by atoms with Gasteiger partial charge in [-0.05, 0) is 74.9 Å². The molecule has 0 bridgehead atoms. The predicted octanol–water partition coefficient (Wildman–Crippen LogP) is 4.75. The number of carboxylic acid groups (broad SMARTS) is 3. The Morgan fingerprint density at radius 1 is 0.417 bits per heavy atom. The summed E-state index contributed by atoms with van der Waals surface area (Å²) in [4.78, 5) is 77.1. The van der Waals surface area contributed by atoms with Gasteiger partial charge in [-0.15, -0.1) is 0 Å². The number of hydrogen-bond donors (Lipinski definition) is 6. The first-order valence-corrected chi connectivity index (χ1v) is 24.4. The van der Waals surface area contributed by atoms with Gasteiger partial charge in [-0.2, -0.15) is 0 Å². The number of fused-ring (bicyclic) bond motifs is 3. The molecule has 3 aromatic carbocycles. The van der Waals surface area contributed by atoms with Gasteiger partial charge in [0.25, 0.3) is 0 Å². The third kappa shape index (κ3) is 9.62. The van der Waals surface area contributed by atoms with Crippen molar-refractivity contribution < 1.29 is 42.9 Å². The van der Waals surface area contributed by atoms with E-state index in [2.05, 4.69) is 16.0 Å². The standard InChI is InChI=1S/3C17H18FN3O3/c3*18-13-7-11-14(8-15(13)20-5-3-19-4-6-20)21(10-1-2-10)9-12(16(11)22)17(23)24/h3*7-10,19H,1-6H2,(H,23,24). The highest BCUT2D eigenvalue weighted by Crippen LogP contribution is 2.40. The van der Waals surface area contributed by atoms with Gasteiger partial charge in [0.05, 0.1) is 33.6 Å². The molecule has 21 heteroatoms. The quantitative estimate of drug-likeness (QED) is 0.115. The Hall–Kier alpha value is -7.23. The number of benzene rings is 3. The van der Waals surface area contributed by atoms with Crippen LogP contribution in [0.4, 0.5) is 30.2 Å². The molecule has 6 fully saturated rings. The second kappa shape index (κ2) is 19.8. The number of carbonyl (C=O) groups is 3. The minimum Gasteiger partial charge on any atom is -0.477 e. The molecule has 378 valence electrons. The number of pyridine rings is 3. The monoisotopic (exact) mass is 993 g/mol. The fourth-order valence-corrected chi connectivity index (χ4v) is 9.94. The predicted molar refractivity (Wildman–Crippen MR) is 265 cm³/mol. The Labute approximate surface area is 408 Å². The average Bonchev–Trinajstić information content (AvgIpc) is 4.20. The van der Waals surface area contributed by atoms with Crippen molar-refractivity contribution in [1.29, 1.82) is 0 Å². The Balaban J connectivity index is 0.000000124. The minimum absolute atomic E-state index is 0.137. The van der Waals surface area contributed by atoms with Crippen molar-refractivity contribution in [3.05, 3.63) is 120 Å². The maximum Gasteiger partial charge on any atom is 0.341 e. The highest BCUT2D eigenvalue weighted by Gasteiger charge is 2.31.